The fourth-order valence-electron chi connectivity index (χ4n) is 3.04. The molecule has 0 aromatic carbocycles. The number of methoxy groups -OCH3 is 1. The topological polar surface area (TPSA) is 46.5 Å². The number of ether oxygens (including phenoxy) is 1. The molecule has 0 aromatic heterocycles. The largest absolute Gasteiger partial charge is 0.479 e. The molecule has 0 fully saturated rings. The van der Waals surface area contributed by atoms with Crippen molar-refractivity contribution in [2.24, 2.45) is 0 Å². The number of rotatable bonds is 18. The summed E-state index contributed by atoms with van der Waals surface area (Å²) >= 11 is 0. The Balaban J connectivity index is 3.12. The van der Waals surface area contributed by atoms with Crippen molar-refractivity contribution in [2.75, 3.05) is 7.11 Å². The van der Waals surface area contributed by atoms with E-state index in [0.717, 1.165) is 12.8 Å². The first-order valence-corrected chi connectivity index (χ1v) is 9.98. The van der Waals surface area contributed by atoms with Gasteiger partial charge in [-0.25, -0.2) is 4.79 Å². The highest BCUT2D eigenvalue weighted by atomic mass is 16.5. The van der Waals surface area contributed by atoms with Gasteiger partial charge in [0, 0.05) is 7.11 Å². The second kappa shape index (κ2) is 17.8. The first-order chi connectivity index (χ1) is 11.2. The predicted octanol–water partition coefficient (Wildman–Crippen LogP) is 6.35. The third kappa shape index (κ3) is 16.1. The monoisotopic (exact) mass is 328 g/mol. The summed E-state index contributed by atoms with van der Waals surface area (Å²) in [4.78, 5) is 10.8. The number of carbonyl (C=O) groups is 1. The summed E-state index contributed by atoms with van der Waals surface area (Å²) in [6, 6.07) is 0. The van der Waals surface area contributed by atoms with Gasteiger partial charge in [0.2, 0.25) is 0 Å². The van der Waals surface area contributed by atoms with Crippen molar-refractivity contribution in [3.63, 3.8) is 0 Å². The first-order valence-electron chi connectivity index (χ1n) is 9.98. The van der Waals surface area contributed by atoms with Crippen LogP contribution in [0.3, 0.4) is 0 Å². The zero-order chi connectivity index (χ0) is 17.2. The molecule has 0 aliphatic carbocycles. The third-order valence-corrected chi connectivity index (χ3v) is 4.63. The molecule has 0 unspecified atom stereocenters. The van der Waals surface area contributed by atoms with E-state index >= 15 is 0 Å². The van der Waals surface area contributed by atoms with E-state index < -0.39 is 12.1 Å². The second-order valence-corrected chi connectivity index (χ2v) is 6.80. The molecule has 0 heterocycles. The van der Waals surface area contributed by atoms with Gasteiger partial charge in [-0.15, -0.1) is 0 Å². The molecule has 0 aromatic rings. The molecule has 0 bridgehead atoms. The highest BCUT2D eigenvalue weighted by molar-refractivity contribution is 5.72. The van der Waals surface area contributed by atoms with E-state index in [1.165, 1.54) is 90.6 Å². The van der Waals surface area contributed by atoms with Gasteiger partial charge < -0.3 is 9.84 Å². The molecule has 0 aliphatic heterocycles. The van der Waals surface area contributed by atoms with E-state index in [9.17, 15) is 4.79 Å². The lowest BCUT2D eigenvalue weighted by atomic mass is 10.0. The van der Waals surface area contributed by atoms with Gasteiger partial charge >= 0.3 is 5.97 Å². The van der Waals surface area contributed by atoms with Crippen LogP contribution in [0.4, 0.5) is 0 Å². The minimum absolute atomic E-state index is 0.614. The molecular formula is C20H40O3. The van der Waals surface area contributed by atoms with Crippen LogP contribution in [0.1, 0.15) is 110 Å². The van der Waals surface area contributed by atoms with Crippen molar-refractivity contribution < 1.29 is 14.6 Å². The van der Waals surface area contributed by atoms with Crippen LogP contribution in [0.2, 0.25) is 0 Å². The van der Waals surface area contributed by atoms with Crippen molar-refractivity contribution in [3.05, 3.63) is 0 Å². The molecule has 0 radical (unpaired) electrons. The maximum atomic E-state index is 10.8. The molecule has 3 nitrogen and oxygen atoms in total. The van der Waals surface area contributed by atoms with E-state index in [-0.39, 0.29) is 0 Å². The Morgan fingerprint density at radius 2 is 1.09 bits per heavy atom. The highest BCUT2D eigenvalue weighted by Crippen LogP contribution is 2.14. The molecule has 0 rings (SSSR count). The Morgan fingerprint density at radius 1 is 0.739 bits per heavy atom. The predicted molar refractivity (Wildman–Crippen MR) is 98.0 cm³/mol. The van der Waals surface area contributed by atoms with Gasteiger partial charge in [0.05, 0.1) is 0 Å². The average molecular weight is 329 g/mol. The van der Waals surface area contributed by atoms with Crippen LogP contribution < -0.4 is 0 Å². The molecule has 1 atom stereocenters. The normalized spacial score (nSPS) is 12.4. The molecule has 0 aliphatic rings. The van der Waals surface area contributed by atoms with Crippen molar-refractivity contribution in [3.8, 4) is 0 Å². The Morgan fingerprint density at radius 3 is 1.39 bits per heavy atom. The summed E-state index contributed by atoms with van der Waals surface area (Å²) in [5.74, 6) is -0.835. The van der Waals surface area contributed by atoms with Gasteiger partial charge in [-0.3, -0.25) is 0 Å². The molecule has 1 N–H and O–H groups in total. The molecule has 23 heavy (non-hydrogen) atoms. The summed E-state index contributed by atoms with van der Waals surface area (Å²) in [6.07, 6.45) is 20.0. The summed E-state index contributed by atoms with van der Waals surface area (Å²) in [5.41, 5.74) is 0. The number of carboxylic acid groups (broad SMARTS) is 1. The Hall–Kier alpha value is -0.570. The van der Waals surface area contributed by atoms with E-state index in [1.54, 1.807) is 0 Å². The maximum Gasteiger partial charge on any atom is 0.332 e. The Bertz CT molecular complexity index is 253. The number of aliphatic carboxylic acids is 1. The number of carboxylic acids is 1. The van der Waals surface area contributed by atoms with Gasteiger partial charge in [-0.1, -0.05) is 103 Å². The van der Waals surface area contributed by atoms with Gasteiger partial charge in [0.25, 0.3) is 0 Å². The number of hydrogen-bond acceptors (Lipinski definition) is 2. The van der Waals surface area contributed by atoms with Crippen LogP contribution in [0, 0.1) is 0 Å². The average Bonchev–Trinajstić information content (AvgIpc) is 2.54. The van der Waals surface area contributed by atoms with Crippen LogP contribution in [0.5, 0.6) is 0 Å². The summed E-state index contributed by atoms with van der Waals surface area (Å²) < 4.78 is 4.93. The fraction of sp³-hybridized carbons (Fsp3) is 0.950. The third-order valence-electron chi connectivity index (χ3n) is 4.63. The lowest BCUT2D eigenvalue weighted by Gasteiger charge is -2.09. The van der Waals surface area contributed by atoms with Crippen LogP contribution in [0.15, 0.2) is 0 Å². The van der Waals surface area contributed by atoms with E-state index in [2.05, 4.69) is 6.92 Å². The van der Waals surface area contributed by atoms with Crippen LogP contribution in [-0.4, -0.2) is 24.3 Å². The van der Waals surface area contributed by atoms with Crippen molar-refractivity contribution in [1.82, 2.24) is 0 Å². The SMILES string of the molecule is CCCCCCCCCCCCCCCCC[C@@H](OC)C(=O)O. The van der Waals surface area contributed by atoms with E-state index in [4.69, 9.17) is 9.84 Å². The van der Waals surface area contributed by atoms with Crippen LogP contribution >= 0.6 is 0 Å². The van der Waals surface area contributed by atoms with Gasteiger partial charge in [-0.05, 0) is 6.42 Å². The van der Waals surface area contributed by atoms with Gasteiger partial charge in [-0.2, -0.15) is 0 Å². The quantitative estimate of drug-likeness (QED) is 0.298. The Kier molecular flexibility index (Phi) is 17.3. The van der Waals surface area contributed by atoms with E-state index in [1.807, 2.05) is 0 Å². The highest BCUT2D eigenvalue weighted by Gasteiger charge is 2.14. The zero-order valence-corrected chi connectivity index (χ0v) is 15.7. The molecule has 0 amide bonds. The van der Waals surface area contributed by atoms with Crippen LogP contribution in [0.25, 0.3) is 0 Å². The van der Waals surface area contributed by atoms with Gasteiger partial charge in [0.15, 0.2) is 6.10 Å². The summed E-state index contributed by atoms with van der Waals surface area (Å²) in [6.45, 7) is 2.27. The lowest BCUT2D eigenvalue weighted by Crippen LogP contribution is -2.21. The standard InChI is InChI=1S/C20H40O3/c1-3-4-5-6-7-8-9-10-11-12-13-14-15-16-17-18-19(23-2)20(21)22/h19H,3-18H2,1-2H3,(H,21,22)/t19-/m1/s1. The summed E-state index contributed by atoms with van der Waals surface area (Å²) in [7, 11) is 1.48. The van der Waals surface area contributed by atoms with Gasteiger partial charge in [0.1, 0.15) is 0 Å². The van der Waals surface area contributed by atoms with Crippen molar-refractivity contribution >= 4 is 5.97 Å². The maximum absolute atomic E-state index is 10.8. The smallest absolute Gasteiger partial charge is 0.332 e. The first kappa shape index (κ1) is 22.4. The number of unbranched alkanes of at least 4 members (excludes halogenated alkanes) is 14. The molecule has 0 spiro atoms. The number of hydrogen-bond donors (Lipinski definition) is 1. The minimum atomic E-state index is -0.835. The van der Waals surface area contributed by atoms with Crippen molar-refractivity contribution in [1.29, 1.82) is 0 Å². The van der Waals surface area contributed by atoms with Crippen molar-refractivity contribution in [2.45, 2.75) is 116 Å². The molecule has 0 saturated carbocycles. The Labute approximate surface area is 144 Å². The minimum Gasteiger partial charge on any atom is -0.479 e. The summed E-state index contributed by atoms with van der Waals surface area (Å²) in [5, 5.41) is 8.86. The lowest BCUT2D eigenvalue weighted by molar-refractivity contribution is -0.148. The molecule has 0 saturated heterocycles. The second-order valence-electron chi connectivity index (χ2n) is 6.80. The zero-order valence-electron chi connectivity index (χ0n) is 15.7. The van der Waals surface area contributed by atoms with Crippen LogP contribution in [-0.2, 0) is 9.53 Å². The molecule has 3 heteroatoms. The van der Waals surface area contributed by atoms with E-state index in [0.29, 0.717) is 6.42 Å². The fourth-order valence-corrected chi connectivity index (χ4v) is 3.04. The molecule has 138 valence electrons. The molecular weight excluding hydrogens is 288 g/mol.